The number of hydrazone groups is 1. The lowest BCUT2D eigenvalue weighted by atomic mass is 10.2. The molecule has 0 aliphatic rings. The third-order valence-corrected chi connectivity index (χ3v) is 6.01. The summed E-state index contributed by atoms with van der Waals surface area (Å²) < 4.78 is 2.11. The fourth-order valence-electron chi connectivity index (χ4n) is 2.96. The zero-order chi connectivity index (χ0) is 21.0. The smallest absolute Gasteiger partial charge is 0.253 e. The highest BCUT2D eigenvalue weighted by Gasteiger charge is 2.14. The molecule has 150 valence electrons. The molecule has 1 heterocycles. The van der Waals surface area contributed by atoms with E-state index in [1.54, 1.807) is 6.21 Å². The second-order valence-electron chi connectivity index (χ2n) is 6.59. The van der Waals surface area contributed by atoms with E-state index >= 15 is 0 Å². The lowest BCUT2D eigenvalue weighted by molar-refractivity contribution is -0.120. The third-order valence-electron chi connectivity index (χ3n) is 4.41. The van der Waals surface area contributed by atoms with Gasteiger partial charge in [0, 0.05) is 37.6 Å². The summed E-state index contributed by atoms with van der Waals surface area (Å²) >= 11 is 13.5. The van der Waals surface area contributed by atoms with Crippen LogP contribution in [0.2, 0.25) is 10.0 Å². The number of carbonyl (C=O) groups is 1. The number of carbonyl (C=O) groups excluding carboxylic acids is 1. The Hall–Kier alpha value is -2.21. The summed E-state index contributed by atoms with van der Waals surface area (Å²) in [5.41, 5.74) is 6.62. The van der Waals surface area contributed by atoms with Crippen LogP contribution in [0.5, 0.6) is 0 Å². The quantitative estimate of drug-likeness (QED) is 0.285. The third kappa shape index (κ3) is 5.44. The highest BCUT2D eigenvalue weighted by Crippen LogP contribution is 2.25. The predicted octanol–water partition coefficient (Wildman–Crippen LogP) is 6.03. The van der Waals surface area contributed by atoms with Crippen molar-refractivity contribution in [2.75, 3.05) is 0 Å². The molecule has 0 fully saturated rings. The number of aromatic nitrogens is 1. The van der Waals surface area contributed by atoms with Gasteiger partial charge in [-0.15, -0.1) is 11.8 Å². The van der Waals surface area contributed by atoms with Gasteiger partial charge in [0.25, 0.3) is 5.91 Å². The van der Waals surface area contributed by atoms with E-state index in [1.165, 1.54) is 11.8 Å². The number of aryl methyl sites for hydroxylation is 1. The maximum atomic E-state index is 12.3. The van der Waals surface area contributed by atoms with Gasteiger partial charge in [-0.25, -0.2) is 5.43 Å². The van der Waals surface area contributed by atoms with Crippen molar-refractivity contribution in [3.8, 4) is 5.69 Å². The summed E-state index contributed by atoms with van der Waals surface area (Å²) in [6.45, 7) is 5.87. The molecule has 0 aliphatic heterocycles. The molecule has 1 amide bonds. The average molecular weight is 446 g/mol. The lowest BCUT2D eigenvalue weighted by Gasteiger charge is -2.10. The second kappa shape index (κ2) is 9.53. The van der Waals surface area contributed by atoms with Gasteiger partial charge in [-0.05, 0) is 69.3 Å². The monoisotopic (exact) mass is 445 g/mol. The van der Waals surface area contributed by atoms with Crippen LogP contribution in [0.15, 0.2) is 64.6 Å². The maximum Gasteiger partial charge on any atom is 0.253 e. The molecule has 2 aromatic carbocycles. The van der Waals surface area contributed by atoms with Gasteiger partial charge >= 0.3 is 0 Å². The number of benzene rings is 2. The summed E-state index contributed by atoms with van der Waals surface area (Å²) in [6, 6.07) is 17.1. The molecule has 0 bridgehead atoms. The van der Waals surface area contributed by atoms with Gasteiger partial charge in [-0.3, -0.25) is 4.79 Å². The number of thioether (sulfide) groups is 1. The summed E-state index contributed by atoms with van der Waals surface area (Å²) in [5.74, 6) is -0.162. The second-order valence-corrected chi connectivity index (χ2v) is 8.88. The maximum absolute atomic E-state index is 12.3. The van der Waals surface area contributed by atoms with Crippen LogP contribution in [0.25, 0.3) is 5.69 Å². The fourth-order valence-corrected chi connectivity index (χ4v) is 4.13. The molecular formula is C22H21Cl2N3OS. The summed E-state index contributed by atoms with van der Waals surface area (Å²) in [6.07, 6.45) is 1.67. The van der Waals surface area contributed by atoms with E-state index in [4.69, 9.17) is 23.2 Å². The van der Waals surface area contributed by atoms with Gasteiger partial charge in [-0.1, -0.05) is 29.3 Å². The van der Waals surface area contributed by atoms with Crippen molar-refractivity contribution in [1.29, 1.82) is 0 Å². The van der Waals surface area contributed by atoms with Crippen LogP contribution in [0, 0.1) is 13.8 Å². The summed E-state index contributed by atoms with van der Waals surface area (Å²) in [7, 11) is 0. The summed E-state index contributed by atoms with van der Waals surface area (Å²) in [5, 5.41) is 5.22. The van der Waals surface area contributed by atoms with E-state index in [1.807, 2.05) is 75.4 Å². The van der Waals surface area contributed by atoms with E-state index < -0.39 is 0 Å². The van der Waals surface area contributed by atoms with Gasteiger partial charge in [0.1, 0.15) is 0 Å². The van der Waals surface area contributed by atoms with Crippen LogP contribution in [-0.2, 0) is 4.79 Å². The van der Waals surface area contributed by atoms with Crippen molar-refractivity contribution in [1.82, 2.24) is 9.99 Å². The number of rotatable bonds is 6. The lowest BCUT2D eigenvalue weighted by Crippen LogP contribution is -2.26. The van der Waals surface area contributed by atoms with Gasteiger partial charge in [0.15, 0.2) is 0 Å². The van der Waals surface area contributed by atoms with Crippen molar-refractivity contribution < 1.29 is 4.79 Å². The normalized spacial score (nSPS) is 12.3. The zero-order valence-corrected chi connectivity index (χ0v) is 18.6. The number of amides is 1. The van der Waals surface area contributed by atoms with Gasteiger partial charge in [0.2, 0.25) is 0 Å². The minimum atomic E-state index is -0.285. The van der Waals surface area contributed by atoms with E-state index in [9.17, 15) is 4.79 Å². The summed E-state index contributed by atoms with van der Waals surface area (Å²) in [4.78, 5) is 13.3. The van der Waals surface area contributed by atoms with E-state index in [2.05, 4.69) is 15.1 Å². The largest absolute Gasteiger partial charge is 0.318 e. The molecule has 1 N–H and O–H groups in total. The molecular weight excluding hydrogens is 425 g/mol. The van der Waals surface area contributed by atoms with Crippen molar-refractivity contribution >= 4 is 47.1 Å². The van der Waals surface area contributed by atoms with Crippen molar-refractivity contribution in [3.05, 3.63) is 81.6 Å². The van der Waals surface area contributed by atoms with Crippen molar-refractivity contribution in [2.45, 2.75) is 30.9 Å². The Morgan fingerprint density at radius 2 is 1.83 bits per heavy atom. The van der Waals surface area contributed by atoms with E-state index in [0.29, 0.717) is 10.0 Å². The van der Waals surface area contributed by atoms with Crippen LogP contribution >= 0.6 is 35.0 Å². The molecule has 1 atom stereocenters. The topological polar surface area (TPSA) is 46.4 Å². The van der Waals surface area contributed by atoms with Crippen molar-refractivity contribution in [2.24, 2.45) is 5.10 Å². The van der Waals surface area contributed by atoms with E-state index in [-0.39, 0.29) is 11.2 Å². The predicted molar refractivity (Wildman–Crippen MR) is 123 cm³/mol. The zero-order valence-electron chi connectivity index (χ0n) is 16.3. The van der Waals surface area contributed by atoms with Crippen LogP contribution in [0.3, 0.4) is 0 Å². The SMILES string of the molecule is Cc1cc(/C=N/NC(=O)C(C)Sc2ccc(Cl)cc2)c(C)n1-c1cccc(Cl)c1. The first kappa shape index (κ1) is 21.5. The fraction of sp³-hybridized carbons (Fsp3) is 0.182. The molecule has 0 saturated carbocycles. The molecule has 3 rings (SSSR count). The number of hydrogen-bond donors (Lipinski definition) is 1. The molecule has 29 heavy (non-hydrogen) atoms. The van der Waals surface area contributed by atoms with Crippen LogP contribution in [0.4, 0.5) is 0 Å². The average Bonchev–Trinajstić information content (AvgIpc) is 2.97. The number of nitrogens with one attached hydrogen (secondary N) is 1. The first-order valence-electron chi connectivity index (χ1n) is 9.05. The molecule has 4 nitrogen and oxygen atoms in total. The molecule has 0 radical (unpaired) electrons. The minimum Gasteiger partial charge on any atom is -0.318 e. The molecule has 3 aromatic rings. The number of hydrogen-bond acceptors (Lipinski definition) is 3. The Morgan fingerprint density at radius 1 is 1.10 bits per heavy atom. The Balaban J connectivity index is 1.66. The molecule has 0 saturated heterocycles. The number of halogens is 2. The Morgan fingerprint density at radius 3 is 2.52 bits per heavy atom. The van der Waals surface area contributed by atoms with Crippen LogP contribution in [0.1, 0.15) is 23.9 Å². The highest BCUT2D eigenvalue weighted by atomic mass is 35.5. The molecule has 0 aliphatic carbocycles. The Bertz CT molecular complexity index is 1040. The van der Waals surface area contributed by atoms with Gasteiger partial charge in [0.05, 0.1) is 11.5 Å². The standard InChI is InChI=1S/C22H21Cl2N3OS/c1-14-11-17(15(2)27(14)20-6-4-5-19(24)12-20)13-25-26-22(28)16(3)29-21-9-7-18(23)8-10-21/h4-13,16H,1-3H3,(H,26,28)/b25-13+. The minimum absolute atomic E-state index is 0.162. The van der Waals surface area contributed by atoms with E-state index in [0.717, 1.165) is 27.5 Å². The highest BCUT2D eigenvalue weighted by molar-refractivity contribution is 8.00. The Labute approximate surface area is 184 Å². The van der Waals surface area contributed by atoms with Gasteiger partial charge < -0.3 is 4.57 Å². The van der Waals surface area contributed by atoms with Gasteiger partial charge in [-0.2, -0.15) is 5.10 Å². The molecule has 7 heteroatoms. The molecule has 1 unspecified atom stereocenters. The van der Waals surface area contributed by atoms with Crippen LogP contribution in [-0.4, -0.2) is 21.9 Å². The number of nitrogens with zero attached hydrogens (tertiary/aromatic N) is 2. The first-order valence-corrected chi connectivity index (χ1v) is 10.7. The van der Waals surface area contributed by atoms with Crippen molar-refractivity contribution in [3.63, 3.8) is 0 Å². The first-order chi connectivity index (χ1) is 13.8. The Kier molecular flexibility index (Phi) is 7.06. The molecule has 0 spiro atoms. The molecule has 1 aromatic heterocycles. The van der Waals surface area contributed by atoms with Crippen LogP contribution < -0.4 is 5.43 Å².